The molecular formula is C14H27NO. The molecule has 0 bridgehead atoms. The Balaban J connectivity index is 1.88. The van der Waals surface area contributed by atoms with Gasteiger partial charge in [-0.3, -0.25) is 0 Å². The Kier molecular flexibility index (Phi) is 3.91. The molecule has 0 aromatic heterocycles. The van der Waals surface area contributed by atoms with Gasteiger partial charge < -0.3 is 10.1 Å². The fraction of sp³-hybridized carbons (Fsp3) is 1.00. The van der Waals surface area contributed by atoms with E-state index in [9.17, 15) is 0 Å². The third-order valence-corrected chi connectivity index (χ3v) is 4.86. The molecule has 2 fully saturated rings. The first-order valence-electron chi connectivity index (χ1n) is 7.14. The van der Waals surface area contributed by atoms with Gasteiger partial charge in [-0.25, -0.2) is 0 Å². The van der Waals surface area contributed by atoms with Crippen LogP contribution in [0, 0.1) is 5.41 Å². The van der Waals surface area contributed by atoms with E-state index in [1.807, 2.05) is 0 Å². The molecule has 16 heavy (non-hydrogen) atoms. The summed E-state index contributed by atoms with van der Waals surface area (Å²) < 4.78 is 5.87. The monoisotopic (exact) mass is 225 g/mol. The van der Waals surface area contributed by atoms with Crippen LogP contribution in [0.1, 0.15) is 59.3 Å². The van der Waals surface area contributed by atoms with Gasteiger partial charge in [0.25, 0.3) is 0 Å². The van der Waals surface area contributed by atoms with Crippen molar-refractivity contribution in [3.05, 3.63) is 0 Å². The predicted octanol–water partition coefficient (Wildman–Crippen LogP) is 3.11. The van der Waals surface area contributed by atoms with E-state index in [1.165, 1.54) is 38.5 Å². The van der Waals surface area contributed by atoms with Crippen molar-refractivity contribution in [3.8, 4) is 0 Å². The fourth-order valence-corrected chi connectivity index (χ4v) is 3.48. The quantitative estimate of drug-likeness (QED) is 0.750. The number of rotatable bonds is 6. The van der Waals surface area contributed by atoms with Gasteiger partial charge in [-0.1, -0.05) is 20.3 Å². The zero-order chi connectivity index (χ0) is 11.6. The molecule has 2 heteroatoms. The summed E-state index contributed by atoms with van der Waals surface area (Å²) in [6, 6.07) is 1.45. The van der Waals surface area contributed by atoms with Crippen molar-refractivity contribution >= 4 is 0 Å². The molecule has 1 spiro atoms. The summed E-state index contributed by atoms with van der Waals surface area (Å²) in [7, 11) is 0. The van der Waals surface area contributed by atoms with E-state index in [1.54, 1.807) is 0 Å². The van der Waals surface area contributed by atoms with Gasteiger partial charge in [-0.05, 0) is 39.0 Å². The highest BCUT2D eigenvalue weighted by atomic mass is 16.5. The molecule has 2 rings (SSSR count). The van der Waals surface area contributed by atoms with Crippen LogP contribution in [0.25, 0.3) is 0 Å². The second-order valence-electron chi connectivity index (χ2n) is 5.50. The van der Waals surface area contributed by atoms with Crippen LogP contribution >= 0.6 is 0 Å². The van der Waals surface area contributed by atoms with Crippen LogP contribution in [-0.2, 0) is 4.74 Å². The van der Waals surface area contributed by atoms with E-state index in [2.05, 4.69) is 26.1 Å². The third-order valence-electron chi connectivity index (χ3n) is 4.86. The second kappa shape index (κ2) is 5.05. The van der Waals surface area contributed by atoms with E-state index < -0.39 is 0 Å². The van der Waals surface area contributed by atoms with Crippen LogP contribution in [-0.4, -0.2) is 24.8 Å². The molecule has 2 unspecified atom stereocenters. The molecule has 2 aliphatic rings. The Morgan fingerprint density at radius 3 is 2.38 bits per heavy atom. The average Bonchev–Trinajstić information content (AvgIpc) is 2.20. The topological polar surface area (TPSA) is 21.3 Å². The van der Waals surface area contributed by atoms with Gasteiger partial charge in [0, 0.05) is 24.1 Å². The van der Waals surface area contributed by atoms with Crippen LogP contribution in [0.15, 0.2) is 0 Å². The minimum atomic E-state index is 0.526. The lowest BCUT2D eigenvalue weighted by atomic mass is 9.51. The first-order valence-corrected chi connectivity index (χ1v) is 7.14. The molecule has 94 valence electrons. The van der Waals surface area contributed by atoms with Crippen molar-refractivity contribution in [2.75, 3.05) is 6.61 Å². The normalized spacial score (nSPS) is 31.5. The molecule has 2 atom stereocenters. The fourth-order valence-electron chi connectivity index (χ4n) is 3.48. The highest BCUT2D eigenvalue weighted by molar-refractivity contribution is 5.12. The Hall–Kier alpha value is -0.0800. The molecule has 2 aliphatic carbocycles. The molecule has 0 aromatic carbocycles. The third kappa shape index (κ3) is 1.91. The van der Waals surface area contributed by atoms with E-state index >= 15 is 0 Å². The SMILES string of the molecule is CCOC1CC(NC(CC)CC)C12CCC2. The first-order chi connectivity index (χ1) is 7.76. The van der Waals surface area contributed by atoms with Crippen LogP contribution in [0.5, 0.6) is 0 Å². The van der Waals surface area contributed by atoms with E-state index in [4.69, 9.17) is 4.74 Å². The van der Waals surface area contributed by atoms with Crippen molar-refractivity contribution in [1.82, 2.24) is 5.32 Å². The number of hydrogen-bond donors (Lipinski definition) is 1. The summed E-state index contributed by atoms with van der Waals surface area (Å²) in [5.41, 5.74) is 0.526. The standard InChI is InChI=1S/C14H27NO/c1-4-11(5-2)15-12-10-13(16-6-3)14(12)8-7-9-14/h11-13,15H,4-10H2,1-3H3. The lowest BCUT2D eigenvalue weighted by Crippen LogP contribution is -2.68. The molecule has 0 saturated heterocycles. The maximum absolute atomic E-state index is 5.87. The largest absolute Gasteiger partial charge is 0.378 e. The van der Waals surface area contributed by atoms with Crippen molar-refractivity contribution in [1.29, 1.82) is 0 Å². The smallest absolute Gasteiger partial charge is 0.0661 e. The highest BCUT2D eigenvalue weighted by Crippen LogP contribution is 2.57. The molecule has 0 aromatic rings. The zero-order valence-corrected chi connectivity index (χ0v) is 11.1. The summed E-state index contributed by atoms with van der Waals surface area (Å²) in [5.74, 6) is 0. The number of nitrogens with one attached hydrogen (secondary N) is 1. The lowest BCUT2D eigenvalue weighted by molar-refractivity contribution is -0.174. The molecular weight excluding hydrogens is 198 g/mol. The molecule has 0 heterocycles. The summed E-state index contributed by atoms with van der Waals surface area (Å²) >= 11 is 0. The Bertz CT molecular complexity index is 221. The van der Waals surface area contributed by atoms with Gasteiger partial charge in [0.1, 0.15) is 0 Å². The van der Waals surface area contributed by atoms with Crippen molar-refractivity contribution in [2.45, 2.75) is 77.5 Å². The summed E-state index contributed by atoms with van der Waals surface area (Å²) in [6.07, 6.45) is 8.48. The van der Waals surface area contributed by atoms with E-state index in [0.29, 0.717) is 17.6 Å². The summed E-state index contributed by atoms with van der Waals surface area (Å²) in [4.78, 5) is 0. The Morgan fingerprint density at radius 1 is 1.25 bits per heavy atom. The summed E-state index contributed by atoms with van der Waals surface area (Å²) in [6.45, 7) is 7.57. The lowest BCUT2D eigenvalue weighted by Gasteiger charge is -2.61. The minimum absolute atomic E-state index is 0.526. The van der Waals surface area contributed by atoms with Crippen LogP contribution < -0.4 is 5.32 Å². The van der Waals surface area contributed by atoms with Crippen molar-refractivity contribution in [2.24, 2.45) is 5.41 Å². The maximum atomic E-state index is 5.87. The average molecular weight is 225 g/mol. The van der Waals surface area contributed by atoms with Gasteiger partial charge in [0.05, 0.1) is 6.10 Å². The van der Waals surface area contributed by atoms with Crippen molar-refractivity contribution in [3.63, 3.8) is 0 Å². The van der Waals surface area contributed by atoms with Gasteiger partial charge in [-0.2, -0.15) is 0 Å². The minimum Gasteiger partial charge on any atom is -0.378 e. The second-order valence-corrected chi connectivity index (χ2v) is 5.50. The molecule has 1 N–H and O–H groups in total. The van der Waals surface area contributed by atoms with Gasteiger partial charge >= 0.3 is 0 Å². The van der Waals surface area contributed by atoms with E-state index in [0.717, 1.165) is 12.6 Å². The first kappa shape index (κ1) is 12.4. The molecule has 0 radical (unpaired) electrons. The van der Waals surface area contributed by atoms with Crippen LogP contribution in [0.4, 0.5) is 0 Å². The Labute approximate surface area is 100 Å². The van der Waals surface area contributed by atoms with Gasteiger partial charge in [-0.15, -0.1) is 0 Å². The van der Waals surface area contributed by atoms with Gasteiger partial charge in [0.2, 0.25) is 0 Å². The number of ether oxygens (including phenoxy) is 1. The molecule has 0 aliphatic heterocycles. The number of hydrogen-bond acceptors (Lipinski definition) is 2. The molecule has 2 saturated carbocycles. The summed E-state index contributed by atoms with van der Waals surface area (Å²) in [5, 5.41) is 3.85. The van der Waals surface area contributed by atoms with E-state index in [-0.39, 0.29) is 0 Å². The van der Waals surface area contributed by atoms with Crippen LogP contribution in [0.2, 0.25) is 0 Å². The van der Waals surface area contributed by atoms with Crippen molar-refractivity contribution < 1.29 is 4.74 Å². The molecule has 2 nitrogen and oxygen atoms in total. The highest BCUT2D eigenvalue weighted by Gasteiger charge is 2.58. The predicted molar refractivity (Wildman–Crippen MR) is 67.6 cm³/mol. The Morgan fingerprint density at radius 2 is 1.94 bits per heavy atom. The van der Waals surface area contributed by atoms with Gasteiger partial charge in [0.15, 0.2) is 0 Å². The van der Waals surface area contributed by atoms with Crippen LogP contribution in [0.3, 0.4) is 0 Å². The molecule has 0 amide bonds. The zero-order valence-electron chi connectivity index (χ0n) is 11.1. The maximum Gasteiger partial charge on any atom is 0.0661 e.